The summed E-state index contributed by atoms with van der Waals surface area (Å²) in [4.78, 5) is 12.5. The summed E-state index contributed by atoms with van der Waals surface area (Å²) >= 11 is 1.30. The zero-order valence-corrected chi connectivity index (χ0v) is 10.5. The third-order valence-electron chi connectivity index (χ3n) is 2.79. The Morgan fingerprint density at radius 1 is 1.29 bits per heavy atom. The molecular weight excluding hydrogens is 234 g/mol. The van der Waals surface area contributed by atoms with Crippen LogP contribution in [0.4, 0.5) is 5.69 Å². The van der Waals surface area contributed by atoms with Gasteiger partial charge >= 0.3 is 5.97 Å². The van der Waals surface area contributed by atoms with Gasteiger partial charge in [-0.3, -0.25) is 0 Å². The van der Waals surface area contributed by atoms with Crippen molar-refractivity contribution in [2.45, 2.75) is 13.8 Å². The van der Waals surface area contributed by atoms with Gasteiger partial charge in [0.15, 0.2) is 0 Å². The minimum Gasteiger partial charge on any atom is -0.477 e. The van der Waals surface area contributed by atoms with Gasteiger partial charge < -0.3 is 10.8 Å². The Bertz CT molecular complexity index is 587. The predicted molar refractivity (Wildman–Crippen MR) is 70.6 cm³/mol. The summed E-state index contributed by atoms with van der Waals surface area (Å²) in [6.45, 7) is 3.78. The lowest BCUT2D eigenvalue weighted by Gasteiger charge is -2.01. The maximum absolute atomic E-state index is 11.1. The molecule has 1 heterocycles. The van der Waals surface area contributed by atoms with Gasteiger partial charge in [0.1, 0.15) is 4.88 Å². The van der Waals surface area contributed by atoms with Crippen LogP contribution in [0.15, 0.2) is 24.3 Å². The van der Waals surface area contributed by atoms with E-state index in [-0.39, 0.29) is 0 Å². The smallest absolute Gasteiger partial charge is 0.346 e. The molecule has 0 fully saturated rings. The fourth-order valence-corrected chi connectivity index (χ4v) is 2.90. The van der Waals surface area contributed by atoms with Crippen molar-refractivity contribution in [3.05, 3.63) is 40.3 Å². The van der Waals surface area contributed by atoms with Gasteiger partial charge in [-0.1, -0.05) is 12.1 Å². The minimum atomic E-state index is -0.870. The summed E-state index contributed by atoms with van der Waals surface area (Å²) in [5.41, 5.74) is 9.24. The minimum absolute atomic E-state index is 0.403. The van der Waals surface area contributed by atoms with Crippen molar-refractivity contribution < 1.29 is 9.90 Å². The third kappa shape index (κ3) is 2.03. The van der Waals surface area contributed by atoms with Crippen molar-refractivity contribution in [3.63, 3.8) is 0 Å². The number of nitrogen functional groups attached to an aromatic ring is 1. The first-order valence-corrected chi connectivity index (χ1v) is 6.01. The number of aromatic carboxylic acids is 1. The molecule has 88 valence electrons. The van der Waals surface area contributed by atoms with Crippen LogP contribution in [0.5, 0.6) is 0 Å². The molecule has 0 aliphatic carbocycles. The number of rotatable bonds is 2. The zero-order chi connectivity index (χ0) is 12.6. The van der Waals surface area contributed by atoms with Crippen molar-refractivity contribution in [2.24, 2.45) is 0 Å². The van der Waals surface area contributed by atoms with Crippen LogP contribution < -0.4 is 5.73 Å². The number of carboxylic acids is 1. The highest BCUT2D eigenvalue weighted by atomic mass is 32.1. The van der Waals surface area contributed by atoms with Gasteiger partial charge in [-0.2, -0.15) is 0 Å². The Hall–Kier alpha value is -1.81. The number of benzene rings is 1. The van der Waals surface area contributed by atoms with Gasteiger partial charge in [-0.25, -0.2) is 4.79 Å². The standard InChI is InChI=1S/C13H13NO2S/c1-7-8(2)12(13(15)16)17-11(7)9-4-3-5-10(14)6-9/h3-6H,14H2,1-2H3,(H,15,16). The topological polar surface area (TPSA) is 63.3 Å². The van der Waals surface area contributed by atoms with E-state index in [1.54, 1.807) is 0 Å². The number of anilines is 1. The van der Waals surface area contributed by atoms with Crippen LogP contribution in [-0.4, -0.2) is 11.1 Å². The van der Waals surface area contributed by atoms with Crippen molar-refractivity contribution in [1.29, 1.82) is 0 Å². The van der Waals surface area contributed by atoms with E-state index in [0.717, 1.165) is 21.6 Å². The van der Waals surface area contributed by atoms with E-state index < -0.39 is 5.97 Å². The van der Waals surface area contributed by atoms with Crippen LogP contribution in [0, 0.1) is 13.8 Å². The normalized spacial score (nSPS) is 10.5. The van der Waals surface area contributed by atoms with Crippen molar-refractivity contribution >= 4 is 23.0 Å². The highest BCUT2D eigenvalue weighted by Crippen LogP contribution is 2.36. The molecule has 0 amide bonds. The maximum Gasteiger partial charge on any atom is 0.346 e. The van der Waals surface area contributed by atoms with E-state index in [2.05, 4.69) is 0 Å². The SMILES string of the molecule is Cc1c(C(=O)O)sc(-c2cccc(N)c2)c1C. The largest absolute Gasteiger partial charge is 0.477 e. The van der Waals surface area contributed by atoms with Crippen molar-refractivity contribution in [3.8, 4) is 10.4 Å². The Morgan fingerprint density at radius 2 is 2.00 bits per heavy atom. The fraction of sp³-hybridized carbons (Fsp3) is 0.154. The van der Waals surface area contributed by atoms with Crippen LogP contribution in [-0.2, 0) is 0 Å². The van der Waals surface area contributed by atoms with E-state index in [1.165, 1.54) is 11.3 Å². The Kier molecular flexibility index (Phi) is 2.90. The van der Waals surface area contributed by atoms with Gasteiger partial charge in [0, 0.05) is 10.6 Å². The molecule has 3 nitrogen and oxygen atoms in total. The second-order valence-corrected chi connectivity index (χ2v) is 4.96. The number of carboxylic acid groups (broad SMARTS) is 1. The molecule has 0 spiro atoms. The fourth-order valence-electron chi connectivity index (χ4n) is 1.76. The number of thiophene rings is 1. The molecule has 0 saturated heterocycles. The van der Waals surface area contributed by atoms with E-state index in [1.807, 2.05) is 38.1 Å². The lowest BCUT2D eigenvalue weighted by atomic mass is 10.1. The summed E-state index contributed by atoms with van der Waals surface area (Å²) in [5, 5.41) is 9.09. The van der Waals surface area contributed by atoms with Gasteiger partial charge in [-0.05, 0) is 42.7 Å². The second kappa shape index (κ2) is 4.22. The predicted octanol–water partition coefficient (Wildman–Crippen LogP) is 3.31. The van der Waals surface area contributed by atoms with E-state index >= 15 is 0 Å². The van der Waals surface area contributed by atoms with Crippen LogP contribution in [0.25, 0.3) is 10.4 Å². The monoisotopic (exact) mass is 247 g/mol. The lowest BCUT2D eigenvalue weighted by Crippen LogP contribution is -1.94. The Labute approximate surface area is 104 Å². The van der Waals surface area contributed by atoms with Crippen molar-refractivity contribution in [2.75, 3.05) is 5.73 Å². The highest BCUT2D eigenvalue weighted by Gasteiger charge is 2.17. The second-order valence-electron chi connectivity index (χ2n) is 3.94. The third-order valence-corrected chi connectivity index (χ3v) is 4.22. The van der Waals surface area contributed by atoms with Crippen LogP contribution in [0.1, 0.15) is 20.8 Å². The summed E-state index contributed by atoms with van der Waals surface area (Å²) in [7, 11) is 0. The first-order chi connectivity index (χ1) is 8.00. The molecule has 2 aromatic rings. The maximum atomic E-state index is 11.1. The van der Waals surface area contributed by atoms with Crippen LogP contribution >= 0.6 is 11.3 Å². The van der Waals surface area contributed by atoms with Crippen LogP contribution in [0.2, 0.25) is 0 Å². The Balaban J connectivity index is 2.61. The van der Waals surface area contributed by atoms with Crippen molar-refractivity contribution in [1.82, 2.24) is 0 Å². The van der Waals surface area contributed by atoms with Gasteiger partial charge in [0.05, 0.1) is 0 Å². The van der Waals surface area contributed by atoms with Gasteiger partial charge in [0.2, 0.25) is 0 Å². The first kappa shape index (κ1) is 11.7. The molecule has 0 radical (unpaired) electrons. The number of hydrogen-bond acceptors (Lipinski definition) is 3. The quantitative estimate of drug-likeness (QED) is 0.800. The molecule has 3 N–H and O–H groups in total. The van der Waals surface area contributed by atoms with E-state index in [9.17, 15) is 4.79 Å². The summed E-state index contributed by atoms with van der Waals surface area (Å²) in [6, 6.07) is 7.50. The molecule has 0 aliphatic heterocycles. The first-order valence-electron chi connectivity index (χ1n) is 5.20. The molecule has 1 aromatic carbocycles. The molecular formula is C13H13NO2S. The van der Waals surface area contributed by atoms with E-state index in [4.69, 9.17) is 10.8 Å². The molecule has 0 atom stereocenters. The molecule has 0 bridgehead atoms. The molecule has 2 rings (SSSR count). The highest BCUT2D eigenvalue weighted by molar-refractivity contribution is 7.17. The summed E-state index contributed by atoms with van der Waals surface area (Å²) in [6.07, 6.45) is 0. The average molecular weight is 247 g/mol. The molecule has 0 unspecified atom stereocenters. The number of carbonyl (C=O) groups is 1. The van der Waals surface area contributed by atoms with Gasteiger partial charge in [-0.15, -0.1) is 11.3 Å². The van der Waals surface area contributed by atoms with Crippen LogP contribution in [0.3, 0.4) is 0 Å². The molecule has 4 heteroatoms. The molecule has 1 aromatic heterocycles. The molecule has 17 heavy (non-hydrogen) atoms. The summed E-state index contributed by atoms with van der Waals surface area (Å²) < 4.78 is 0. The Morgan fingerprint density at radius 3 is 2.53 bits per heavy atom. The van der Waals surface area contributed by atoms with Gasteiger partial charge in [0.25, 0.3) is 0 Å². The summed E-state index contributed by atoms with van der Waals surface area (Å²) in [5.74, 6) is -0.870. The average Bonchev–Trinajstić information content (AvgIpc) is 2.56. The molecule has 0 aliphatic rings. The zero-order valence-electron chi connectivity index (χ0n) is 9.65. The number of hydrogen-bond donors (Lipinski definition) is 2. The number of nitrogens with two attached hydrogens (primary N) is 1. The molecule has 0 saturated carbocycles. The van der Waals surface area contributed by atoms with E-state index in [0.29, 0.717) is 10.6 Å². The lowest BCUT2D eigenvalue weighted by molar-refractivity contribution is 0.0701.